The van der Waals surface area contributed by atoms with Crippen molar-refractivity contribution in [2.75, 3.05) is 7.11 Å². The van der Waals surface area contributed by atoms with Gasteiger partial charge in [-0.15, -0.1) is 0 Å². The van der Waals surface area contributed by atoms with Crippen molar-refractivity contribution in [2.45, 2.75) is 84.2 Å². The van der Waals surface area contributed by atoms with Crippen molar-refractivity contribution >= 4 is 0 Å². The minimum atomic E-state index is 0.0487. The van der Waals surface area contributed by atoms with Gasteiger partial charge in [0.2, 0.25) is 0 Å². The zero-order valence-corrected chi connectivity index (χ0v) is 14.7. The van der Waals surface area contributed by atoms with Gasteiger partial charge in [0.15, 0.2) is 0 Å². The summed E-state index contributed by atoms with van der Waals surface area (Å²) in [5, 5.41) is 0. The first-order valence-electron chi connectivity index (χ1n) is 9.14. The number of unbranched alkanes of at least 4 members (excludes halogenated alkanes) is 5. The Kier molecular flexibility index (Phi) is 8.99. The lowest BCUT2D eigenvalue weighted by Gasteiger charge is -2.41. The van der Waals surface area contributed by atoms with E-state index in [2.05, 4.69) is 45.1 Å². The fourth-order valence-electron chi connectivity index (χ4n) is 3.88. The van der Waals surface area contributed by atoms with Gasteiger partial charge in [-0.3, -0.25) is 0 Å². The molecule has 0 aliphatic heterocycles. The van der Waals surface area contributed by atoms with Crippen LogP contribution in [0.3, 0.4) is 0 Å². The molecule has 0 amide bonds. The largest absolute Gasteiger partial charge is 0.378 e. The SMILES string of the molecule is CCCCCCCCC(C1C=CC=C1)C(CC)(CC)OC. The van der Waals surface area contributed by atoms with E-state index in [-0.39, 0.29) is 5.60 Å². The third kappa shape index (κ3) is 5.29. The number of hydrogen-bond acceptors (Lipinski definition) is 1. The van der Waals surface area contributed by atoms with Crippen molar-refractivity contribution in [3.05, 3.63) is 24.3 Å². The maximum Gasteiger partial charge on any atom is 0.0710 e. The number of hydrogen-bond donors (Lipinski definition) is 0. The van der Waals surface area contributed by atoms with Crippen molar-refractivity contribution in [2.24, 2.45) is 11.8 Å². The molecule has 0 radical (unpaired) electrons. The second kappa shape index (κ2) is 10.2. The van der Waals surface area contributed by atoms with Gasteiger partial charge < -0.3 is 4.74 Å². The van der Waals surface area contributed by atoms with Crippen LogP contribution < -0.4 is 0 Å². The third-order valence-electron chi connectivity index (χ3n) is 5.39. The van der Waals surface area contributed by atoms with Gasteiger partial charge >= 0.3 is 0 Å². The second-order valence-electron chi connectivity index (χ2n) is 6.49. The summed E-state index contributed by atoms with van der Waals surface area (Å²) in [6.07, 6.45) is 20.9. The number of ether oxygens (including phenoxy) is 1. The average Bonchev–Trinajstić information content (AvgIpc) is 3.04. The topological polar surface area (TPSA) is 9.23 Å². The van der Waals surface area contributed by atoms with E-state index < -0.39 is 0 Å². The van der Waals surface area contributed by atoms with Gasteiger partial charge in [0, 0.05) is 13.0 Å². The first-order chi connectivity index (χ1) is 10.2. The first kappa shape index (κ1) is 18.5. The van der Waals surface area contributed by atoms with Crippen LogP contribution in [0, 0.1) is 11.8 Å². The maximum atomic E-state index is 6.04. The van der Waals surface area contributed by atoms with Crippen molar-refractivity contribution < 1.29 is 4.74 Å². The maximum absolute atomic E-state index is 6.04. The number of methoxy groups -OCH3 is 1. The van der Waals surface area contributed by atoms with Gasteiger partial charge in [-0.1, -0.05) is 83.6 Å². The van der Waals surface area contributed by atoms with Crippen LogP contribution in [0.4, 0.5) is 0 Å². The Labute approximate surface area is 132 Å². The summed E-state index contributed by atoms with van der Waals surface area (Å²) in [5.41, 5.74) is 0.0487. The van der Waals surface area contributed by atoms with Gasteiger partial charge in [0.1, 0.15) is 0 Å². The molecule has 21 heavy (non-hydrogen) atoms. The van der Waals surface area contributed by atoms with Gasteiger partial charge in [-0.25, -0.2) is 0 Å². The predicted octanol–water partition coefficient (Wildman–Crippen LogP) is 6.30. The molecular formula is C20H36O. The number of rotatable bonds is 12. The van der Waals surface area contributed by atoms with E-state index in [9.17, 15) is 0 Å². The minimum Gasteiger partial charge on any atom is -0.378 e. The molecule has 0 aromatic heterocycles. The molecule has 1 heteroatoms. The molecule has 1 nitrogen and oxygen atoms in total. The van der Waals surface area contributed by atoms with Gasteiger partial charge in [0.05, 0.1) is 5.60 Å². The summed E-state index contributed by atoms with van der Waals surface area (Å²) in [6, 6.07) is 0. The van der Waals surface area contributed by atoms with Gasteiger partial charge in [0.25, 0.3) is 0 Å². The smallest absolute Gasteiger partial charge is 0.0710 e. The van der Waals surface area contributed by atoms with Crippen LogP contribution in [-0.2, 0) is 4.74 Å². The molecule has 0 heterocycles. The highest BCUT2D eigenvalue weighted by atomic mass is 16.5. The molecule has 0 spiro atoms. The van der Waals surface area contributed by atoms with Crippen LogP contribution in [-0.4, -0.2) is 12.7 Å². The molecule has 1 aliphatic rings. The van der Waals surface area contributed by atoms with E-state index in [0.717, 1.165) is 12.8 Å². The standard InChI is InChI=1S/C20H36O/c1-5-8-9-10-11-12-17-19(18-15-13-14-16-18)20(6-2,7-3)21-4/h13-16,18-19H,5-12,17H2,1-4H3. The summed E-state index contributed by atoms with van der Waals surface area (Å²) in [7, 11) is 1.91. The lowest BCUT2D eigenvalue weighted by Crippen LogP contribution is -2.42. The highest BCUT2D eigenvalue weighted by molar-refractivity contribution is 5.20. The molecule has 1 atom stereocenters. The summed E-state index contributed by atoms with van der Waals surface area (Å²) in [6.45, 7) is 6.84. The molecule has 122 valence electrons. The Morgan fingerprint density at radius 3 is 2.00 bits per heavy atom. The zero-order valence-electron chi connectivity index (χ0n) is 14.7. The predicted molar refractivity (Wildman–Crippen MR) is 93.6 cm³/mol. The van der Waals surface area contributed by atoms with E-state index >= 15 is 0 Å². The van der Waals surface area contributed by atoms with E-state index in [0.29, 0.717) is 11.8 Å². The summed E-state index contributed by atoms with van der Waals surface area (Å²) < 4.78 is 6.04. The van der Waals surface area contributed by atoms with E-state index in [1.54, 1.807) is 0 Å². The van der Waals surface area contributed by atoms with Crippen molar-refractivity contribution in [3.63, 3.8) is 0 Å². The molecule has 0 N–H and O–H groups in total. The second-order valence-corrected chi connectivity index (χ2v) is 6.49. The highest BCUT2D eigenvalue weighted by Crippen LogP contribution is 2.40. The molecule has 0 aromatic carbocycles. The monoisotopic (exact) mass is 292 g/mol. The van der Waals surface area contributed by atoms with Gasteiger partial charge in [-0.2, -0.15) is 0 Å². The Bertz CT molecular complexity index is 292. The summed E-state index contributed by atoms with van der Waals surface area (Å²) in [4.78, 5) is 0. The van der Waals surface area contributed by atoms with Crippen LogP contribution >= 0.6 is 0 Å². The van der Waals surface area contributed by atoms with Crippen molar-refractivity contribution in [1.29, 1.82) is 0 Å². The van der Waals surface area contributed by atoms with E-state index in [1.807, 2.05) is 7.11 Å². The fourth-order valence-corrected chi connectivity index (χ4v) is 3.88. The molecule has 0 aromatic rings. The molecule has 0 saturated heterocycles. The third-order valence-corrected chi connectivity index (χ3v) is 5.39. The quantitative estimate of drug-likeness (QED) is 0.383. The Morgan fingerprint density at radius 1 is 0.905 bits per heavy atom. The Hall–Kier alpha value is -0.560. The van der Waals surface area contributed by atoms with Crippen LogP contribution in [0.15, 0.2) is 24.3 Å². The zero-order chi connectivity index (χ0) is 15.6. The van der Waals surface area contributed by atoms with Crippen molar-refractivity contribution in [1.82, 2.24) is 0 Å². The molecule has 1 unspecified atom stereocenters. The minimum absolute atomic E-state index is 0.0487. The molecule has 1 rings (SSSR count). The van der Waals surface area contributed by atoms with Crippen LogP contribution in [0.25, 0.3) is 0 Å². The number of allylic oxidation sites excluding steroid dienone is 4. The van der Waals surface area contributed by atoms with Crippen LogP contribution in [0.1, 0.15) is 78.6 Å². The van der Waals surface area contributed by atoms with Crippen LogP contribution in [0.2, 0.25) is 0 Å². The molecule has 1 aliphatic carbocycles. The average molecular weight is 293 g/mol. The first-order valence-corrected chi connectivity index (χ1v) is 9.14. The lowest BCUT2D eigenvalue weighted by atomic mass is 9.72. The molecule has 0 bridgehead atoms. The highest BCUT2D eigenvalue weighted by Gasteiger charge is 2.38. The lowest BCUT2D eigenvalue weighted by molar-refractivity contribution is -0.0757. The van der Waals surface area contributed by atoms with E-state index in [4.69, 9.17) is 4.74 Å². The Morgan fingerprint density at radius 2 is 1.48 bits per heavy atom. The summed E-state index contributed by atoms with van der Waals surface area (Å²) >= 11 is 0. The summed E-state index contributed by atoms with van der Waals surface area (Å²) in [5.74, 6) is 1.19. The molecule has 0 fully saturated rings. The molecule has 0 saturated carbocycles. The van der Waals surface area contributed by atoms with E-state index in [1.165, 1.54) is 44.9 Å². The fraction of sp³-hybridized carbons (Fsp3) is 0.800. The normalized spacial score (nSPS) is 16.8. The van der Waals surface area contributed by atoms with Crippen LogP contribution in [0.5, 0.6) is 0 Å². The van der Waals surface area contributed by atoms with Gasteiger partial charge in [-0.05, 0) is 25.2 Å². The Balaban J connectivity index is 2.57. The molecular weight excluding hydrogens is 256 g/mol. The van der Waals surface area contributed by atoms with Crippen molar-refractivity contribution in [3.8, 4) is 0 Å².